The van der Waals surface area contributed by atoms with Crippen LogP contribution in [0.4, 0.5) is 0 Å². The molecule has 3 aliphatic heterocycles. The number of carbonyl (C=O) groups is 3. The quantitative estimate of drug-likeness (QED) is 0.461. The van der Waals surface area contributed by atoms with Crippen LogP contribution in [0.25, 0.3) is 10.9 Å². The highest BCUT2D eigenvalue weighted by Crippen LogP contribution is 2.33. The van der Waals surface area contributed by atoms with Crippen LogP contribution in [-0.2, 0) is 34.4 Å². The second kappa shape index (κ2) is 12.5. The maximum atomic E-state index is 14.4. The number of likely N-dealkylation sites (tertiary alicyclic amines) is 3. The van der Waals surface area contributed by atoms with E-state index in [-0.39, 0.29) is 29.6 Å². The van der Waals surface area contributed by atoms with Gasteiger partial charge < -0.3 is 15.1 Å². The molecule has 0 saturated carbocycles. The fourth-order valence-corrected chi connectivity index (χ4v) is 7.38. The SMILES string of the molecule is Cc1ccc(CC2CC(C(=O)NCc3ccc4c(cnn4C)c3)N(C(=O)[C@H]3[C@@H](C(=O)N4CCCC4)CCCN3C)C2)cc1. The highest BCUT2D eigenvalue weighted by Gasteiger charge is 2.47. The third-order valence-electron chi connectivity index (χ3n) is 9.77. The number of likely N-dealkylation sites (N-methyl/N-ethyl adjacent to an activating group) is 1. The third-order valence-corrected chi connectivity index (χ3v) is 9.77. The van der Waals surface area contributed by atoms with Crippen molar-refractivity contribution in [2.24, 2.45) is 18.9 Å². The van der Waals surface area contributed by atoms with Gasteiger partial charge in [-0.1, -0.05) is 35.9 Å². The Balaban J connectivity index is 1.22. The number of fused-ring (bicyclic) bond motifs is 1. The van der Waals surface area contributed by atoms with Crippen molar-refractivity contribution in [1.82, 2.24) is 29.8 Å². The van der Waals surface area contributed by atoms with Crippen LogP contribution in [0.2, 0.25) is 0 Å². The average Bonchev–Trinajstić information content (AvgIpc) is 3.77. The predicted octanol–water partition coefficient (Wildman–Crippen LogP) is 3.29. The van der Waals surface area contributed by atoms with Crippen molar-refractivity contribution < 1.29 is 14.4 Å². The summed E-state index contributed by atoms with van der Waals surface area (Å²) in [4.78, 5) is 47.7. The molecule has 2 aromatic carbocycles. The van der Waals surface area contributed by atoms with Gasteiger partial charge in [0.2, 0.25) is 17.7 Å². The van der Waals surface area contributed by atoms with E-state index in [1.165, 1.54) is 11.1 Å². The number of benzene rings is 2. The number of aryl methyl sites for hydroxylation is 2. The number of nitrogens with one attached hydrogen (secondary N) is 1. The summed E-state index contributed by atoms with van der Waals surface area (Å²) >= 11 is 0. The Bertz CT molecular complexity index is 1480. The van der Waals surface area contributed by atoms with Crippen LogP contribution in [0.15, 0.2) is 48.7 Å². The second-order valence-corrected chi connectivity index (χ2v) is 12.9. The number of rotatable bonds is 7. The van der Waals surface area contributed by atoms with E-state index in [1.54, 1.807) is 4.90 Å². The minimum atomic E-state index is -0.567. The van der Waals surface area contributed by atoms with Crippen molar-refractivity contribution in [2.45, 2.75) is 64.1 Å². The lowest BCUT2D eigenvalue weighted by molar-refractivity contribution is -0.151. The minimum absolute atomic E-state index is 0.0805. The summed E-state index contributed by atoms with van der Waals surface area (Å²) < 4.78 is 1.83. The fourth-order valence-electron chi connectivity index (χ4n) is 7.38. The largest absolute Gasteiger partial charge is 0.350 e. The van der Waals surface area contributed by atoms with Crippen LogP contribution in [0.1, 0.15) is 48.8 Å². The Hall–Kier alpha value is -3.72. The van der Waals surface area contributed by atoms with Gasteiger partial charge in [-0.15, -0.1) is 0 Å². The molecule has 6 rings (SSSR count). The number of amides is 3. The van der Waals surface area contributed by atoms with E-state index in [4.69, 9.17) is 0 Å². The molecular weight excluding hydrogens is 540 g/mol. The summed E-state index contributed by atoms with van der Waals surface area (Å²) in [6.07, 6.45) is 6.90. The molecule has 4 atom stereocenters. The Morgan fingerprint density at radius 3 is 2.44 bits per heavy atom. The van der Waals surface area contributed by atoms with Crippen LogP contribution >= 0.6 is 0 Å². The lowest BCUT2D eigenvalue weighted by Gasteiger charge is -2.41. The van der Waals surface area contributed by atoms with E-state index >= 15 is 0 Å². The van der Waals surface area contributed by atoms with Gasteiger partial charge in [0.25, 0.3) is 0 Å². The highest BCUT2D eigenvalue weighted by molar-refractivity contribution is 5.94. The molecule has 4 heterocycles. The molecule has 0 radical (unpaired) electrons. The predicted molar refractivity (Wildman–Crippen MR) is 166 cm³/mol. The normalized spacial score (nSPS) is 24.5. The average molecular weight is 585 g/mol. The van der Waals surface area contributed by atoms with Crippen molar-refractivity contribution in [2.75, 3.05) is 33.2 Å². The van der Waals surface area contributed by atoms with E-state index in [9.17, 15) is 14.4 Å². The Morgan fingerprint density at radius 2 is 1.67 bits per heavy atom. The Kier molecular flexibility index (Phi) is 8.52. The zero-order chi connectivity index (χ0) is 30.1. The van der Waals surface area contributed by atoms with Crippen molar-refractivity contribution in [3.63, 3.8) is 0 Å². The van der Waals surface area contributed by atoms with Crippen molar-refractivity contribution in [3.8, 4) is 0 Å². The van der Waals surface area contributed by atoms with Gasteiger partial charge in [0, 0.05) is 38.6 Å². The molecule has 0 bridgehead atoms. The maximum absolute atomic E-state index is 14.4. The summed E-state index contributed by atoms with van der Waals surface area (Å²) in [7, 11) is 3.87. The molecule has 1 N–H and O–H groups in total. The highest BCUT2D eigenvalue weighted by atomic mass is 16.2. The third kappa shape index (κ3) is 6.18. The fraction of sp³-hybridized carbons (Fsp3) is 0.529. The standard InChI is InChI=1S/C34H44N6O3/c1-23-8-10-24(11-9-23)17-26-19-30(32(41)35-20-25-12-13-29-27(18-25)21-36-38(29)3)40(22-26)34(43)31-28(7-6-14-37(31)2)33(42)39-15-4-5-16-39/h8-13,18,21,26,28,30-31H,4-7,14-17,19-20,22H2,1-3H3,(H,35,41)/t26?,28-,30?,31+/m0/s1. The van der Waals surface area contributed by atoms with Gasteiger partial charge in [-0.2, -0.15) is 5.10 Å². The molecule has 3 saturated heterocycles. The number of hydrogen-bond acceptors (Lipinski definition) is 5. The van der Waals surface area contributed by atoms with Gasteiger partial charge in [0.15, 0.2) is 0 Å². The summed E-state index contributed by atoms with van der Waals surface area (Å²) in [6.45, 7) is 5.29. The van der Waals surface area contributed by atoms with Crippen LogP contribution < -0.4 is 5.32 Å². The van der Waals surface area contributed by atoms with E-state index in [2.05, 4.69) is 46.5 Å². The van der Waals surface area contributed by atoms with Gasteiger partial charge in [-0.05, 0) is 88.2 Å². The van der Waals surface area contributed by atoms with Gasteiger partial charge in [0.05, 0.1) is 17.6 Å². The first-order valence-corrected chi connectivity index (χ1v) is 15.8. The molecule has 9 nitrogen and oxygen atoms in total. The number of aromatic nitrogens is 2. The summed E-state index contributed by atoms with van der Waals surface area (Å²) in [5.74, 6) is -0.314. The topological polar surface area (TPSA) is 90.8 Å². The van der Waals surface area contributed by atoms with Crippen LogP contribution in [0.3, 0.4) is 0 Å². The van der Waals surface area contributed by atoms with Crippen LogP contribution in [0, 0.1) is 18.8 Å². The summed E-state index contributed by atoms with van der Waals surface area (Å²) in [5.41, 5.74) is 4.45. The monoisotopic (exact) mass is 584 g/mol. The van der Waals surface area contributed by atoms with Crippen LogP contribution in [0.5, 0.6) is 0 Å². The Labute approximate surface area is 254 Å². The molecule has 0 aliphatic carbocycles. The number of hydrogen-bond donors (Lipinski definition) is 1. The lowest BCUT2D eigenvalue weighted by atomic mass is 9.87. The number of nitrogens with zero attached hydrogens (tertiary/aromatic N) is 5. The number of piperidine rings is 1. The zero-order valence-electron chi connectivity index (χ0n) is 25.7. The first kappa shape index (κ1) is 29.4. The zero-order valence-corrected chi connectivity index (χ0v) is 25.7. The Morgan fingerprint density at radius 1 is 0.930 bits per heavy atom. The molecule has 228 valence electrons. The van der Waals surface area contributed by atoms with Crippen LogP contribution in [-0.4, -0.2) is 87.5 Å². The van der Waals surface area contributed by atoms with E-state index in [0.29, 0.717) is 25.9 Å². The van der Waals surface area contributed by atoms with E-state index < -0.39 is 12.1 Å². The van der Waals surface area contributed by atoms with Crippen molar-refractivity contribution in [1.29, 1.82) is 0 Å². The van der Waals surface area contributed by atoms with E-state index in [1.807, 2.05) is 48.1 Å². The molecule has 3 amide bonds. The van der Waals surface area contributed by atoms with E-state index in [0.717, 1.165) is 61.8 Å². The van der Waals surface area contributed by atoms with Gasteiger partial charge in [-0.25, -0.2) is 0 Å². The molecule has 43 heavy (non-hydrogen) atoms. The lowest BCUT2D eigenvalue weighted by Crippen LogP contribution is -2.59. The van der Waals surface area contributed by atoms with Crippen molar-refractivity contribution in [3.05, 3.63) is 65.4 Å². The molecule has 2 unspecified atom stereocenters. The maximum Gasteiger partial charge on any atom is 0.243 e. The molecule has 1 aromatic heterocycles. The van der Waals surface area contributed by atoms with Crippen molar-refractivity contribution >= 4 is 28.6 Å². The summed E-state index contributed by atoms with van der Waals surface area (Å²) in [6, 6.07) is 13.5. The molecule has 0 spiro atoms. The molecule has 3 aromatic rings. The minimum Gasteiger partial charge on any atom is -0.350 e. The van der Waals surface area contributed by atoms with Gasteiger partial charge in [-0.3, -0.25) is 24.0 Å². The first-order chi connectivity index (χ1) is 20.8. The van der Waals surface area contributed by atoms with Gasteiger partial charge in [0.1, 0.15) is 12.1 Å². The molecule has 3 fully saturated rings. The molecule has 9 heteroatoms. The summed E-state index contributed by atoms with van der Waals surface area (Å²) in [5, 5.41) is 8.48. The first-order valence-electron chi connectivity index (χ1n) is 15.8. The smallest absolute Gasteiger partial charge is 0.243 e. The number of carbonyl (C=O) groups excluding carboxylic acids is 3. The molecular formula is C34H44N6O3. The molecule has 3 aliphatic rings. The van der Waals surface area contributed by atoms with Gasteiger partial charge >= 0.3 is 0 Å². The second-order valence-electron chi connectivity index (χ2n) is 12.9.